The van der Waals surface area contributed by atoms with E-state index in [0.29, 0.717) is 17.7 Å². The Labute approximate surface area is 121 Å². The summed E-state index contributed by atoms with van der Waals surface area (Å²) >= 11 is 0. The van der Waals surface area contributed by atoms with Gasteiger partial charge in [-0.15, -0.1) is 0 Å². The second-order valence-corrected chi connectivity index (χ2v) is 6.72. The number of nitrogens with zero attached hydrogens (tertiary/aromatic N) is 1. The lowest BCUT2D eigenvalue weighted by Gasteiger charge is -2.29. The molecule has 1 N–H and O–H groups in total. The van der Waals surface area contributed by atoms with E-state index in [1.54, 1.807) is 0 Å². The fourth-order valence-electron chi connectivity index (χ4n) is 2.88. The molecule has 2 fully saturated rings. The molecule has 1 amide bonds. The van der Waals surface area contributed by atoms with Gasteiger partial charge in [0.05, 0.1) is 0 Å². The molecule has 1 aromatic carbocycles. The molecule has 1 aromatic rings. The molecule has 1 spiro atoms. The highest BCUT2D eigenvalue weighted by Gasteiger charge is 2.59. The van der Waals surface area contributed by atoms with Crippen LogP contribution in [0.1, 0.15) is 45.3 Å². The Kier molecular flexibility index (Phi) is 3.33. The average Bonchev–Trinajstić information content (AvgIpc) is 3.18. The second kappa shape index (κ2) is 4.88. The van der Waals surface area contributed by atoms with E-state index in [9.17, 15) is 4.79 Å². The summed E-state index contributed by atoms with van der Waals surface area (Å²) in [6.07, 6.45) is 2.02. The molecular formula is C17H24N2O. The summed E-state index contributed by atoms with van der Waals surface area (Å²) in [4.78, 5) is 14.8. The zero-order valence-electron chi connectivity index (χ0n) is 12.6. The fourth-order valence-corrected chi connectivity index (χ4v) is 2.88. The summed E-state index contributed by atoms with van der Waals surface area (Å²) < 4.78 is 0. The predicted molar refractivity (Wildman–Crippen MR) is 80.0 cm³/mol. The number of benzene rings is 1. The second-order valence-electron chi connectivity index (χ2n) is 6.72. The van der Waals surface area contributed by atoms with Gasteiger partial charge in [0.2, 0.25) is 5.91 Å². The van der Waals surface area contributed by atoms with Crippen molar-refractivity contribution in [2.45, 2.75) is 45.3 Å². The van der Waals surface area contributed by atoms with Crippen LogP contribution in [0.25, 0.3) is 0 Å². The van der Waals surface area contributed by atoms with Gasteiger partial charge >= 0.3 is 0 Å². The number of amides is 1. The zero-order valence-corrected chi connectivity index (χ0v) is 12.6. The highest BCUT2D eigenvalue weighted by atomic mass is 16.2. The van der Waals surface area contributed by atoms with E-state index < -0.39 is 0 Å². The Morgan fingerprint density at radius 2 is 1.90 bits per heavy atom. The quantitative estimate of drug-likeness (QED) is 0.914. The fraction of sp³-hybridized carbons (Fsp3) is 0.588. The van der Waals surface area contributed by atoms with E-state index in [1.807, 2.05) is 18.2 Å². The van der Waals surface area contributed by atoms with Gasteiger partial charge in [-0.3, -0.25) is 10.1 Å². The molecule has 20 heavy (non-hydrogen) atoms. The first-order valence-corrected chi connectivity index (χ1v) is 7.67. The van der Waals surface area contributed by atoms with Crippen molar-refractivity contribution in [1.29, 1.82) is 0 Å². The van der Waals surface area contributed by atoms with Crippen LogP contribution < -0.4 is 5.32 Å². The van der Waals surface area contributed by atoms with Crippen molar-refractivity contribution in [3.63, 3.8) is 0 Å². The van der Waals surface area contributed by atoms with Crippen molar-refractivity contribution in [3.8, 4) is 0 Å². The molecule has 2 atom stereocenters. The van der Waals surface area contributed by atoms with Crippen molar-refractivity contribution < 1.29 is 4.79 Å². The molecule has 1 saturated carbocycles. The van der Waals surface area contributed by atoms with Gasteiger partial charge in [0, 0.05) is 6.54 Å². The Morgan fingerprint density at radius 1 is 1.25 bits per heavy atom. The van der Waals surface area contributed by atoms with E-state index in [0.717, 1.165) is 19.4 Å². The van der Waals surface area contributed by atoms with Crippen LogP contribution in [-0.4, -0.2) is 22.9 Å². The maximum Gasteiger partial charge on any atom is 0.244 e. The molecule has 1 aliphatic heterocycles. The lowest BCUT2D eigenvalue weighted by molar-refractivity contribution is -0.131. The molecule has 2 aliphatic rings. The van der Waals surface area contributed by atoms with Gasteiger partial charge in [-0.25, -0.2) is 0 Å². The first-order valence-electron chi connectivity index (χ1n) is 7.67. The van der Waals surface area contributed by atoms with Crippen LogP contribution in [0.2, 0.25) is 0 Å². The van der Waals surface area contributed by atoms with Crippen LogP contribution in [0.3, 0.4) is 0 Å². The third-order valence-corrected chi connectivity index (χ3v) is 4.88. The summed E-state index contributed by atoms with van der Waals surface area (Å²) in [7, 11) is 0. The molecule has 0 radical (unpaired) electrons. The number of rotatable bonds is 4. The van der Waals surface area contributed by atoms with Crippen LogP contribution in [0.4, 0.5) is 0 Å². The lowest BCUT2D eigenvalue weighted by Crippen LogP contribution is -2.36. The van der Waals surface area contributed by atoms with Gasteiger partial charge in [0.1, 0.15) is 11.7 Å². The Balaban J connectivity index is 1.85. The maximum atomic E-state index is 12.7. The standard InChI is InChI=1S/C17H24N2O/c1-12(2)13(3)11-19-15(14-7-5-4-6-8-14)18-17(9-10-17)16(19)20/h4-8,12-13,15,18H,9-11H2,1-3H3. The average molecular weight is 272 g/mol. The summed E-state index contributed by atoms with van der Waals surface area (Å²) in [6, 6.07) is 10.3. The van der Waals surface area contributed by atoms with Gasteiger partial charge in [-0.2, -0.15) is 0 Å². The number of hydrogen-bond acceptors (Lipinski definition) is 2. The van der Waals surface area contributed by atoms with Gasteiger partial charge in [0.25, 0.3) is 0 Å². The van der Waals surface area contributed by atoms with E-state index >= 15 is 0 Å². The molecule has 108 valence electrons. The van der Waals surface area contributed by atoms with Crippen molar-refractivity contribution >= 4 is 5.91 Å². The van der Waals surface area contributed by atoms with Crippen molar-refractivity contribution in [2.24, 2.45) is 11.8 Å². The topological polar surface area (TPSA) is 32.3 Å². The molecular weight excluding hydrogens is 248 g/mol. The third kappa shape index (κ3) is 2.24. The van der Waals surface area contributed by atoms with E-state index in [-0.39, 0.29) is 11.7 Å². The molecule has 1 aliphatic carbocycles. The van der Waals surface area contributed by atoms with Gasteiger partial charge in [-0.05, 0) is 30.2 Å². The number of carbonyl (C=O) groups is 1. The smallest absolute Gasteiger partial charge is 0.244 e. The third-order valence-electron chi connectivity index (χ3n) is 4.88. The molecule has 2 unspecified atom stereocenters. The zero-order chi connectivity index (χ0) is 14.3. The maximum absolute atomic E-state index is 12.7. The van der Waals surface area contributed by atoms with Crippen LogP contribution >= 0.6 is 0 Å². The molecule has 3 rings (SSSR count). The number of nitrogens with one attached hydrogen (secondary N) is 1. The predicted octanol–water partition coefficient (Wildman–Crippen LogP) is 2.94. The first-order chi connectivity index (χ1) is 9.53. The van der Waals surface area contributed by atoms with Gasteiger partial charge < -0.3 is 4.90 Å². The monoisotopic (exact) mass is 272 g/mol. The normalized spacial score (nSPS) is 25.5. The van der Waals surface area contributed by atoms with Crippen molar-refractivity contribution in [2.75, 3.05) is 6.54 Å². The highest BCUT2D eigenvalue weighted by molar-refractivity contribution is 5.92. The lowest BCUT2D eigenvalue weighted by atomic mass is 9.97. The molecule has 1 saturated heterocycles. The largest absolute Gasteiger partial charge is 0.321 e. The molecule has 1 heterocycles. The summed E-state index contributed by atoms with van der Waals surface area (Å²) in [6.45, 7) is 7.52. The Hall–Kier alpha value is -1.35. The van der Waals surface area contributed by atoms with Crippen LogP contribution in [0, 0.1) is 11.8 Å². The minimum atomic E-state index is -0.239. The van der Waals surface area contributed by atoms with Crippen LogP contribution in [-0.2, 0) is 4.79 Å². The summed E-state index contributed by atoms with van der Waals surface area (Å²) in [5.74, 6) is 1.41. The van der Waals surface area contributed by atoms with Crippen molar-refractivity contribution in [1.82, 2.24) is 10.2 Å². The Bertz CT molecular complexity index is 493. The molecule has 0 bridgehead atoms. The number of carbonyl (C=O) groups excluding carboxylic acids is 1. The van der Waals surface area contributed by atoms with Crippen LogP contribution in [0.15, 0.2) is 30.3 Å². The SMILES string of the molecule is CC(C)C(C)CN1C(=O)C2(CC2)NC1c1ccccc1. The van der Waals surface area contributed by atoms with Crippen molar-refractivity contribution in [3.05, 3.63) is 35.9 Å². The molecule has 3 heteroatoms. The summed E-state index contributed by atoms with van der Waals surface area (Å²) in [5, 5.41) is 3.58. The first kappa shape index (κ1) is 13.6. The molecule has 0 aromatic heterocycles. The van der Waals surface area contributed by atoms with E-state index in [4.69, 9.17) is 0 Å². The number of hydrogen-bond donors (Lipinski definition) is 1. The minimum absolute atomic E-state index is 0.0485. The van der Waals surface area contributed by atoms with Gasteiger partial charge in [0.15, 0.2) is 0 Å². The van der Waals surface area contributed by atoms with E-state index in [2.05, 4.69) is 43.1 Å². The van der Waals surface area contributed by atoms with Gasteiger partial charge in [-0.1, -0.05) is 51.1 Å². The minimum Gasteiger partial charge on any atom is -0.321 e. The molecule has 3 nitrogen and oxygen atoms in total. The highest BCUT2D eigenvalue weighted by Crippen LogP contribution is 2.46. The van der Waals surface area contributed by atoms with Crippen LogP contribution in [0.5, 0.6) is 0 Å². The Morgan fingerprint density at radius 3 is 2.45 bits per heavy atom. The summed E-state index contributed by atoms with van der Waals surface area (Å²) in [5.41, 5.74) is 0.956. The van der Waals surface area contributed by atoms with E-state index in [1.165, 1.54) is 5.56 Å².